The van der Waals surface area contributed by atoms with Crippen molar-refractivity contribution < 1.29 is 19.4 Å². The number of hydrogen-bond donors (Lipinski definition) is 5. The number of amides is 1. The van der Waals surface area contributed by atoms with Crippen molar-refractivity contribution in [3.63, 3.8) is 0 Å². The van der Waals surface area contributed by atoms with E-state index in [0.29, 0.717) is 49.9 Å². The molecule has 2 rings (SSSR count). The zero-order valence-corrected chi connectivity index (χ0v) is 17.4. The molecule has 0 spiro atoms. The van der Waals surface area contributed by atoms with E-state index in [1.165, 1.54) is 11.2 Å². The first-order chi connectivity index (χ1) is 13.8. The number of hydrazine groups is 1. The second-order valence-corrected chi connectivity index (χ2v) is 6.43. The Bertz CT molecular complexity index is 811. The van der Waals surface area contributed by atoms with Gasteiger partial charge in [0.05, 0.1) is 25.1 Å². The molecular weight excluding hydrogens is 392 g/mol. The van der Waals surface area contributed by atoms with Gasteiger partial charge < -0.3 is 20.4 Å². The van der Waals surface area contributed by atoms with Crippen LogP contribution in [-0.2, 0) is 9.53 Å². The monoisotopic (exact) mass is 422 g/mol. The minimum Gasteiger partial charge on any atom is -0.460 e. The number of amidine groups is 2. The third-order valence-electron chi connectivity index (χ3n) is 4.34. The molecule has 0 aromatic carbocycles. The summed E-state index contributed by atoms with van der Waals surface area (Å²) in [5.74, 6) is 0.155. The van der Waals surface area contributed by atoms with Crippen LogP contribution in [0.4, 0.5) is 0 Å². The predicted molar refractivity (Wildman–Crippen MR) is 113 cm³/mol. The molecule has 1 aliphatic rings. The Balaban J connectivity index is 0.00000450. The summed E-state index contributed by atoms with van der Waals surface area (Å²) in [7, 11) is 1.60. The fourth-order valence-electron chi connectivity index (χ4n) is 2.72. The lowest BCUT2D eigenvalue weighted by atomic mass is 10.2. The Hall–Kier alpha value is -3.06. The van der Waals surface area contributed by atoms with Crippen LogP contribution in [0.1, 0.15) is 18.4 Å². The molecule has 12 heteroatoms. The average molecular weight is 422 g/mol. The van der Waals surface area contributed by atoms with Crippen LogP contribution in [0.25, 0.3) is 0 Å². The highest BCUT2D eigenvalue weighted by molar-refractivity contribution is 6.37. The van der Waals surface area contributed by atoms with Gasteiger partial charge in [-0.15, -0.1) is 0 Å². The van der Waals surface area contributed by atoms with E-state index < -0.39 is 11.7 Å². The van der Waals surface area contributed by atoms with E-state index in [4.69, 9.17) is 25.7 Å². The van der Waals surface area contributed by atoms with Crippen LogP contribution in [-0.4, -0.2) is 79.1 Å². The minimum absolute atomic E-state index is 0. The fraction of sp³-hybridized carbons (Fsp3) is 0.444. The Morgan fingerprint density at radius 1 is 1.37 bits per heavy atom. The fourth-order valence-corrected chi connectivity index (χ4v) is 2.72. The topological polar surface area (TPSA) is 188 Å². The first kappa shape index (κ1) is 25.0. The highest BCUT2D eigenvalue weighted by atomic mass is 16.5. The molecular formula is C18H30N8O4. The van der Waals surface area contributed by atoms with E-state index >= 15 is 0 Å². The van der Waals surface area contributed by atoms with Gasteiger partial charge in [-0.05, 0) is 26.0 Å². The van der Waals surface area contributed by atoms with Gasteiger partial charge in [0.25, 0.3) is 5.91 Å². The van der Waals surface area contributed by atoms with Crippen molar-refractivity contribution in [2.75, 3.05) is 39.9 Å². The quantitative estimate of drug-likeness (QED) is 0.164. The van der Waals surface area contributed by atoms with Crippen LogP contribution < -0.4 is 16.6 Å². The number of ether oxygens (including phenoxy) is 1. The van der Waals surface area contributed by atoms with Crippen LogP contribution >= 0.6 is 0 Å². The molecule has 0 unspecified atom stereocenters. The van der Waals surface area contributed by atoms with Gasteiger partial charge in [-0.25, -0.2) is 10.9 Å². The maximum Gasteiger partial charge on any atom is 0.268 e. The van der Waals surface area contributed by atoms with Crippen molar-refractivity contribution in [1.82, 2.24) is 20.8 Å². The lowest BCUT2D eigenvalue weighted by molar-refractivity contribution is -0.117. The number of morpholine rings is 1. The number of hydrazone groups is 1. The number of furan rings is 1. The van der Waals surface area contributed by atoms with E-state index in [0.717, 1.165) is 5.76 Å². The number of hydrogen-bond acceptors (Lipinski definition) is 8. The van der Waals surface area contributed by atoms with Crippen molar-refractivity contribution in [3.8, 4) is 0 Å². The third-order valence-corrected chi connectivity index (χ3v) is 4.34. The molecule has 1 aromatic rings. The van der Waals surface area contributed by atoms with Crippen molar-refractivity contribution in [2.24, 2.45) is 10.8 Å². The highest BCUT2D eigenvalue weighted by Crippen LogP contribution is 2.13. The Morgan fingerprint density at radius 2 is 2.03 bits per heavy atom. The van der Waals surface area contributed by atoms with Crippen molar-refractivity contribution in [3.05, 3.63) is 34.9 Å². The molecule has 2 heterocycles. The number of nitrogens with two attached hydrogens (primary N) is 1. The zero-order valence-electron chi connectivity index (χ0n) is 17.4. The summed E-state index contributed by atoms with van der Waals surface area (Å²) in [6.07, 6.45) is 1.41. The van der Waals surface area contributed by atoms with Crippen LogP contribution in [0.15, 0.2) is 32.9 Å². The molecule has 0 radical (unpaired) electrons. The standard InChI is InChI=1S/C18H28N8O3.H2O/c1-12-4-5-14(29-12)10-23-24-18(27)13(2)15(11-25-6-8-28-9-7-25)26(22-3)17(21)16(19)20;/h4-5,10,21-22H,6-9,11H2,1-3H3,(H3,19,20)(H,24,27);1H2/b15-13+,21-17?,23-10+;. The third kappa shape index (κ3) is 6.77. The van der Waals surface area contributed by atoms with Crippen LogP contribution in [0, 0.1) is 17.7 Å². The van der Waals surface area contributed by atoms with Gasteiger partial charge >= 0.3 is 0 Å². The molecule has 1 saturated heterocycles. The molecule has 1 aliphatic heterocycles. The summed E-state index contributed by atoms with van der Waals surface area (Å²) in [6, 6.07) is 3.54. The van der Waals surface area contributed by atoms with E-state index in [1.54, 1.807) is 26.1 Å². The maximum atomic E-state index is 12.7. The average Bonchev–Trinajstić information content (AvgIpc) is 3.12. The number of carbonyl (C=O) groups excluding carboxylic acids is 1. The number of nitrogens with one attached hydrogen (secondary N) is 4. The Morgan fingerprint density at radius 3 is 2.57 bits per heavy atom. The summed E-state index contributed by atoms with van der Waals surface area (Å²) < 4.78 is 10.7. The van der Waals surface area contributed by atoms with E-state index in [2.05, 4.69) is 20.9 Å². The summed E-state index contributed by atoms with van der Waals surface area (Å²) in [5, 5.41) is 20.9. The van der Waals surface area contributed by atoms with Gasteiger partial charge in [0.1, 0.15) is 11.5 Å². The first-order valence-electron chi connectivity index (χ1n) is 9.13. The Labute approximate surface area is 175 Å². The van der Waals surface area contributed by atoms with Gasteiger partial charge in [-0.1, -0.05) is 0 Å². The highest BCUT2D eigenvalue weighted by Gasteiger charge is 2.24. The molecule has 1 amide bonds. The molecule has 1 aromatic heterocycles. The molecule has 1 fully saturated rings. The number of nitrogens with zero attached hydrogens (tertiary/aromatic N) is 3. The van der Waals surface area contributed by atoms with Gasteiger partial charge in [-0.2, -0.15) is 5.10 Å². The van der Waals surface area contributed by atoms with E-state index in [-0.39, 0.29) is 11.3 Å². The first-order valence-corrected chi connectivity index (χ1v) is 9.13. The zero-order chi connectivity index (χ0) is 21.4. The van der Waals surface area contributed by atoms with Gasteiger partial charge in [0, 0.05) is 32.3 Å². The van der Waals surface area contributed by atoms with Gasteiger partial charge in [-0.3, -0.25) is 25.5 Å². The maximum absolute atomic E-state index is 12.7. The van der Waals surface area contributed by atoms with Gasteiger partial charge in [0.15, 0.2) is 11.7 Å². The molecule has 166 valence electrons. The summed E-state index contributed by atoms with van der Waals surface area (Å²) >= 11 is 0. The largest absolute Gasteiger partial charge is 0.460 e. The lowest BCUT2D eigenvalue weighted by Gasteiger charge is -2.33. The molecule has 0 atom stereocenters. The molecule has 0 bridgehead atoms. The van der Waals surface area contributed by atoms with Crippen LogP contribution in [0.2, 0.25) is 0 Å². The van der Waals surface area contributed by atoms with E-state index in [1.807, 2.05) is 6.92 Å². The number of aryl methyl sites for hydroxylation is 1. The molecule has 12 nitrogen and oxygen atoms in total. The summed E-state index contributed by atoms with van der Waals surface area (Å²) in [6.45, 7) is 6.40. The summed E-state index contributed by atoms with van der Waals surface area (Å²) in [5.41, 5.74) is 11.6. The SMILES string of the molecule is CNN(C(=N)C(=N)N)/C(CN1CCOCC1)=C(\C)C(=O)N/N=C/c1ccc(C)o1.O. The smallest absolute Gasteiger partial charge is 0.268 e. The normalized spacial score (nSPS) is 15.3. The van der Waals surface area contributed by atoms with Crippen molar-refractivity contribution in [1.29, 1.82) is 10.8 Å². The number of carbonyl (C=O) groups is 1. The number of rotatable bonds is 7. The predicted octanol–water partition coefficient (Wildman–Crippen LogP) is -0.831. The molecule has 0 aliphatic carbocycles. The van der Waals surface area contributed by atoms with Gasteiger partial charge in [0.2, 0.25) is 0 Å². The Kier molecular flexibility index (Phi) is 9.84. The molecule has 8 N–H and O–H groups in total. The van der Waals surface area contributed by atoms with E-state index in [9.17, 15) is 4.79 Å². The van der Waals surface area contributed by atoms with Crippen LogP contribution in [0.5, 0.6) is 0 Å². The molecule has 0 saturated carbocycles. The second-order valence-electron chi connectivity index (χ2n) is 6.43. The second kappa shape index (κ2) is 11.8. The van der Waals surface area contributed by atoms with Crippen molar-refractivity contribution >= 4 is 23.8 Å². The minimum atomic E-state index is -0.440. The summed E-state index contributed by atoms with van der Waals surface area (Å²) in [4.78, 5) is 14.8. The van der Waals surface area contributed by atoms with Crippen molar-refractivity contribution in [2.45, 2.75) is 13.8 Å². The lowest BCUT2D eigenvalue weighted by Crippen LogP contribution is -2.50. The van der Waals surface area contributed by atoms with Crippen LogP contribution in [0.3, 0.4) is 0 Å². The molecule has 30 heavy (non-hydrogen) atoms.